The lowest BCUT2D eigenvalue weighted by atomic mass is 10.0. The summed E-state index contributed by atoms with van der Waals surface area (Å²) in [5, 5.41) is 4.23. The van der Waals surface area contributed by atoms with Gasteiger partial charge in [-0.15, -0.1) is 11.3 Å². The smallest absolute Gasteiger partial charge is 0.319 e. The zero-order chi connectivity index (χ0) is 22.0. The highest BCUT2D eigenvalue weighted by Crippen LogP contribution is 2.37. The number of carbonyl (C=O) groups is 1. The Hall–Kier alpha value is -3.59. The number of nitrogens with zero attached hydrogens (tertiary/aromatic N) is 3. The molecule has 2 heterocycles. The number of carbonyl (C=O) groups excluding carboxylic acids is 1. The number of halogens is 3. The monoisotopic (exact) mass is 440 g/mol. The van der Waals surface area contributed by atoms with E-state index in [2.05, 4.69) is 20.3 Å². The molecule has 0 atom stereocenters. The van der Waals surface area contributed by atoms with Crippen molar-refractivity contribution in [2.75, 3.05) is 5.32 Å². The Kier molecular flexibility index (Phi) is 5.51. The van der Waals surface area contributed by atoms with Crippen molar-refractivity contribution >= 4 is 22.9 Å². The van der Waals surface area contributed by atoms with Crippen molar-refractivity contribution in [3.8, 4) is 22.5 Å². The molecule has 9 heteroatoms. The molecule has 0 saturated carbocycles. The van der Waals surface area contributed by atoms with Crippen LogP contribution >= 0.6 is 11.3 Å². The summed E-state index contributed by atoms with van der Waals surface area (Å²) < 4.78 is 40.4. The van der Waals surface area contributed by atoms with Crippen molar-refractivity contribution in [3.05, 3.63) is 82.6 Å². The van der Waals surface area contributed by atoms with Crippen LogP contribution in [0.15, 0.2) is 65.6 Å². The predicted molar refractivity (Wildman–Crippen MR) is 113 cm³/mol. The highest BCUT2D eigenvalue weighted by Gasteiger charge is 2.34. The van der Waals surface area contributed by atoms with E-state index in [-0.39, 0.29) is 16.8 Å². The molecule has 0 fully saturated rings. The lowest BCUT2D eigenvalue weighted by Gasteiger charge is -2.14. The van der Waals surface area contributed by atoms with Crippen LogP contribution < -0.4 is 5.32 Å². The maximum absolute atomic E-state index is 13.5. The molecule has 1 amide bonds. The fourth-order valence-corrected chi connectivity index (χ4v) is 3.61. The summed E-state index contributed by atoms with van der Waals surface area (Å²) in [5.74, 6) is -0.0490. The van der Waals surface area contributed by atoms with Crippen LogP contribution in [-0.2, 0) is 6.18 Å². The van der Waals surface area contributed by atoms with Crippen molar-refractivity contribution in [2.24, 2.45) is 0 Å². The number of amides is 1. The quantitative estimate of drug-likeness (QED) is 0.433. The Morgan fingerprint density at radius 2 is 1.84 bits per heavy atom. The molecule has 0 radical (unpaired) electrons. The van der Waals surface area contributed by atoms with Gasteiger partial charge in [0.1, 0.15) is 5.82 Å². The van der Waals surface area contributed by atoms with Crippen LogP contribution in [0.4, 0.5) is 18.9 Å². The molecule has 0 bridgehead atoms. The second kappa shape index (κ2) is 8.27. The third-order valence-electron chi connectivity index (χ3n) is 4.50. The average Bonchev–Trinajstić information content (AvgIpc) is 3.29. The van der Waals surface area contributed by atoms with Gasteiger partial charge < -0.3 is 5.32 Å². The number of anilines is 1. The normalized spacial score (nSPS) is 11.4. The minimum atomic E-state index is -4.57. The molecule has 0 spiro atoms. The number of hydrogen-bond acceptors (Lipinski definition) is 5. The van der Waals surface area contributed by atoms with Crippen LogP contribution in [0.5, 0.6) is 0 Å². The lowest BCUT2D eigenvalue weighted by Crippen LogP contribution is -2.15. The summed E-state index contributed by atoms with van der Waals surface area (Å²) in [7, 11) is 0. The van der Waals surface area contributed by atoms with E-state index in [1.807, 2.05) is 30.3 Å². The van der Waals surface area contributed by atoms with Crippen LogP contribution in [0, 0.1) is 6.92 Å². The van der Waals surface area contributed by atoms with E-state index in [1.165, 1.54) is 34.5 Å². The Labute approximate surface area is 179 Å². The van der Waals surface area contributed by atoms with E-state index in [9.17, 15) is 18.0 Å². The molecule has 4 aromatic rings. The highest BCUT2D eigenvalue weighted by atomic mass is 32.1. The third kappa shape index (κ3) is 4.46. The van der Waals surface area contributed by atoms with Gasteiger partial charge in [0.05, 0.1) is 34.3 Å². The van der Waals surface area contributed by atoms with E-state index in [4.69, 9.17) is 0 Å². The summed E-state index contributed by atoms with van der Waals surface area (Å²) >= 11 is 1.18. The maximum Gasteiger partial charge on any atom is 0.417 e. The van der Waals surface area contributed by atoms with E-state index in [1.54, 1.807) is 6.92 Å². The van der Waals surface area contributed by atoms with Gasteiger partial charge in [0, 0.05) is 22.1 Å². The second-order valence-electron chi connectivity index (χ2n) is 6.63. The van der Waals surface area contributed by atoms with Gasteiger partial charge >= 0.3 is 6.18 Å². The Morgan fingerprint density at radius 3 is 2.52 bits per heavy atom. The third-order valence-corrected chi connectivity index (χ3v) is 5.09. The summed E-state index contributed by atoms with van der Waals surface area (Å²) in [4.78, 5) is 25.4. The van der Waals surface area contributed by atoms with E-state index in [0.29, 0.717) is 17.2 Å². The van der Waals surface area contributed by atoms with Gasteiger partial charge in [0.15, 0.2) is 0 Å². The zero-order valence-electron chi connectivity index (χ0n) is 16.1. The average molecular weight is 440 g/mol. The summed E-state index contributed by atoms with van der Waals surface area (Å²) in [6, 6.07) is 12.5. The SMILES string of the molecule is Cc1ncc(NC(=O)c2ccc(C(F)(F)F)c(-c3cscn3)c2)c(-c2ccccc2)n1. The van der Waals surface area contributed by atoms with Crippen molar-refractivity contribution in [2.45, 2.75) is 13.1 Å². The number of nitrogens with one attached hydrogen (secondary N) is 1. The van der Waals surface area contributed by atoms with E-state index in [0.717, 1.165) is 17.7 Å². The largest absolute Gasteiger partial charge is 0.417 e. The molecule has 4 rings (SSSR count). The Morgan fingerprint density at radius 1 is 1.06 bits per heavy atom. The van der Waals surface area contributed by atoms with E-state index >= 15 is 0 Å². The maximum atomic E-state index is 13.5. The molecule has 0 aliphatic heterocycles. The first-order chi connectivity index (χ1) is 14.8. The van der Waals surface area contributed by atoms with Crippen molar-refractivity contribution in [1.82, 2.24) is 15.0 Å². The molecule has 0 aliphatic carbocycles. The number of benzene rings is 2. The van der Waals surface area contributed by atoms with Gasteiger partial charge in [0.2, 0.25) is 0 Å². The van der Waals surface area contributed by atoms with Gasteiger partial charge in [-0.2, -0.15) is 13.2 Å². The minimum absolute atomic E-state index is 0.0654. The van der Waals surface area contributed by atoms with Crippen molar-refractivity contribution in [1.29, 1.82) is 0 Å². The molecule has 2 aromatic heterocycles. The first kappa shape index (κ1) is 20.7. The lowest BCUT2D eigenvalue weighted by molar-refractivity contribution is -0.137. The molecule has 31 heavy (non-hydrogen) atoms. The number of hydrogen-bond donors (Lipinski definition) is 1. The van der Waals surface area contributed by atoms with Gasteiger partial charge in [-0.3, -0.25) is 4.79 Å². The van der Waals surface area contributed by atoms with Crippen molar-refractivity contribution in [3.63, 3.8) is 0 Å². The number of aryl methyl sites for hydroxylation is 1. The first-order valence-corrected chi connectivity index (χ1v) is 10.1. The summed E-state index contributed by atoms with van der Waals surface area (Å²) in [5.41, 5.74) is 2.33. The Bertz CT molecular complexity index is 1230. The van der Waals surface area contributed by atoms with Crippen LogP contribution in [0.3, 0.4) is 0 Å². The molecule has 5 nitrogen and oxygen atoms in total. The second-order valence-corrected chi connectivity index (χ2v) is 7.35. The highest BCUT2D eigenvalue weighted by molar-refractivity contribution is 7.07. The van der Waals surface area contributed by atoms with Crippen LogP contribution in [0.1, 0.15) is 21.7 Å². The topological polar surface area (TPSA) is 67.8 Å². The predicted octanol–water partition coefficient (Wildman–Crippen LogP) is 5.85. The van der Waals surface area contributed by atoms with Crippen LogP contribution in [0.2, 0.25) is 0 Å². The molecule has 0 unspecified atom stereocenters. The molecular weight excluding hydrogens is 425 g/mol. The number of aromatic nitrogens is 3. The van der Waals surface area contributed by atoms with Gasteiger partial charge in [-0.25, -0.2) is 15.0 Å². The summed E-state index contributed by atoms with van der Waals surface area (Å²) in [6.07, 6.45) is -3.09. The molecular formula is C22H15F3N4OS. The zero-order valence-corrected chi connectivity index (χ0v) is 17.0. The molecule has 0 aliphatic rings. The summed E-state index contributed by atoms with van der Waals surface area (Å²) in [6.45, 7) is 1.73. The molecule has 1 N–H and O–H groups in total. The molecule has 2 aromatic carbocycles. The number of alkyl halides is 3. The fourth-order valence-electron chi connectivity index (χ4n) is 3.06. The van der Waals surface area contributed by atoms with Gasteiger partial charge in [-0.05, 0) is 25.1 Å². The molecule has 156 valence electrons. The number of rotatable bonds is 4. The van der Waals surface area contributed by atoms with Gasteiger partial charge in [0.25, 0.3) is 5.91 Å². The fraction of sp³-hybridized carbons (Fsp3) is 0.0909. The van der Waals surface area contributed by atoms with Crippen LogP contribution in [0.25, 0.3) is 22.5 Å². The molecule has 0 saturated heterocycles. The van der Waals surface area contributed by atoms with Gasteiger partial charge in [-0.1, -0.05) is 30.3 Å². The van der Waals surface area contributed by atoms with E-state index < -0.39 is 17.6 Å². The number of thiazole rings is 1. The van der Waals surface area contributed by atoms with Crippen LogP contribution in [-0.4, -0.2) is 20.9 Å². The minimum Gasteiger partial charge on any atom is -0.319 e. The van der Waals surface area contributed by atoms with Crippen molar-refractivity contribution < 1.29 is 18.0 Å². The first-order valence-electron chi connectivity index (χ1n) is 9.13. The standard InChI is InChI=1S/C22H15F3N4OS/c1-13-26-10-18(20(28-13)14-5-3-2-4-6-14)29-21(30)15-7-8-17(22(23,24)25)16(9-15)19-11-31-12-27-19/h2-12H,1H3,(H,29,30). The Balaban J connectivity index is 1.72.